The molecule has 0 heterocycles. The Morgan fingerprint density at radius 3 is 2.05 bits per heavy atom. The normalized spacial score (nSPS) is 13.2. The SMILES string of the molecule is CCCCCCCCCCCc1ccccc1OC(CCC)OC(=O)C(C)C[N+](C)(C)Cc1ccccc1. The number of ether oxygens (including phenoxy) is 2. The molecule has 0 aliphatic carbocycles. The van der Waals surface area contributed by atoms with E-state index in [9.17, 15) is 4.79 Å². The van der Waals surface area contributed by atoms with Crippen molar-refractivity contribution in [3.63, 3.8) is 0 Å². The number of carbonyl (C=O) groups excluding carboxylic acids is 1. The van der Waals surface area contributed by atoms with Gasteiger partial charge in [-0.05, 0) is 37.8 Å². The number of para-hydroxylation sites is 1. The fraction of sp³-hybridized carbons (Fsp3) is 0.618. The highest BCUT2D eigenvalue weighted by Crippen LogP contribution is 2.24. The van der Waals surface area contributed by atoms with Gasteiger partial charge >= 0.3 is 5.97 Å². The van der Waals surface area contributed by atoms with Gasteiger partial charge in [-0.15, -0.1) is 0 Å². The number of esters is 1. The van der Waals surface area contributed by atoms with Crippen molar-refractivity contribution in [2.45, 2.75) is 111 Å². The van der Waals surface area contributed by atoms with Crippen molar-refractivity contribution >= 4 is 5.97 Å². The molecule has 4 heteroatoms. The summed E-state index contributed by atoms with van der Waals surface area (Å²) in [6.45, 7) is 7.92. The first-order chi connectivity index (χ1) is 18.3. The quantitative estimate of drug-likeness (QED) is 0.0752. The Hall–Kier alpha value is -2.33. The van der Waals surface area contributed by atoms with Gasteiger partial charge in [-0.3, -0.25) is 4.79 Å². The van der Waals surface area contributed by atoms with Gasteiger partial charge in [0.25, 0.3) is 0 Å². The first-order valence-electron chi connectivity index (χ1n) is 15.2. The molecule has 0 N–H and O–H groups in total. The van der Waals surface area contributed by atoms with Gasteiger partial charge in [0.1, 0.15) is 18.2 Å². The van der Waals surface area contributed by atoms with Crippen molar-refractivity contribution < 1.29 is 18.8 Å². The first kappa shape index (κ1) is 31.9. The highest BCUT2D eigenvalue weighted by atomic mass is 16.7. The minimum atomic E-state index is -0.552. The summed E-state index contributed by atoms with van der Waals surface area (Å²) in [5.41, 5.74) is 2.48. The highest BCUT2D eigenvalue weighted by molar-refractivity contribution is 5.72. The van der Waals surface area contributed by atoms with Crippen LogP contribution in [0.15, 0.2) is 54.6 Å². The van der Waals surface area contributed by atoms with E-state index in [1.165, 1.54) is 68.9 Å². The lowest BCUT2D eigenvalue weighted by molar-refractivity contribution is -0.905. The first-order valence-corrected chi connectivity index (χ1v) is 15.2. The molecule has 38 heavy (non-hydrogen) atoms. The van der Waals surface area contributed by atoms with Crippen molar-refractivity contribution in [2.75, 3.05) is 20.6 Å². The van der Waals surface area contributed by atoms with Crippen LogP contribution >= 0.6 is 0 Å². The summed E-state index contributed by atoms with van der Waals surface area (Å²) in [6.07, 6.45) is 13.9. The number of quaternary nitrogens is 1. The van der Waals surface area contributed by atoms with Gasteiger partial charge in [0.05, 0.1) is 20.6 Å². The third kappa shape index (κ3) is 13.0. The Kier molecular flexibility index (Phi) is 15.1. The van der Waals surface area contributed by atoms with E-state index < -0.39 is 6.29 Å². The molecule has 2 aromatic rings. The molecule has 0 saturated heterocycles. The van der Waals surface area contributed by atoms with Gasteiger partial charge < -0.3 is 14.0 Å². The van der Waals surface area contributed by atoms with Crippen LogP contribution in [0.25, 0.3) is 0 Å². The van der Waals surface area contributed by atoms with E-state index in [0.29, 0.717) is 13.0 Å². The average molecular weight is 525 g/mol. The molecule has 212 valence electrons. The number of unbranched alkanes of at least 4 members (excludes halogenated alkanes) is 8. The molecule has 0 aromatic heterocycles. The third-order valence-corrected chi connectivity index (χ3v) is 7.18. The molecule has 0 aliphatic heterocycles. The van der Waals surface area contributed by atoms with Crippen LogP contribution in [0.5, 0.6) is 5.75 Å². The van der Waals surface area contributed by atoms with E-state index in [-0.39, 0.29) is 11.9 Å². The minimum Gasteiger partial charge on any atom is -0.455 e. The van der Waals surface area contributed by atoms with Crippen LogP contribution in [-0.4, -0.2) is 37.4 Å². The van der Waals surface area contributed by atoms with Crippen LogP contribution in [0, 0.1) is 5.92 Å². The molecule has 0 amide bonds. The molecule has 2 unspecified atom stereocenters. The lowest BCUT2D eigenvalue weighted by Crippen LogP contribution is -2.44. The van der Waals surface area contributed by atoms with E-state index in [1.54, 1.807) is 0 Å². The second-order valence-corrected chi connectivity index (χ2v) is 11.6. The Labute approximate surface area is 233 Å². The predicted molar refractivity (Wildman–Crippen MR) is 159 cm³/mol. The number of benzene rings is 2. The number of hydrogen-bond acceptors (Lipinski definition) is 3. The van der Waals surface area contributed by atoms with Gasteiger partial charge in [-0.2, -0.15) is 0 Å². The van der Waals surface area contributed by atoms with Crippen LogP contribution in [-0.2, 0) is 22.5 Å². The molecule has 0 radical (unpaired) electrons. The van der Waals surface area contributed by atoms with Gasteiger partial charge in [0.15, 0.2) is 0 Å². The summed E-state index contributed by atoms with van der Waals surface area (Å²) in [4.78, 5) is 13.1. The van der Waals surface area contributed by atoms with E-state index in [0.717, 1.165) is 29.6 Å². The second-order valence-electron chi connectivity index (χ2n) is 11.6. The Morgan fingerprint density at radius 2 is 1.39 bits per heavy atom. The molecular weight excluding hydrogens is 470 g/mol. The molecule has 0 saturated carbocycles. The maximum atomic E-state index is 13.1. The standard InChI is InChI=1S/C34H54NO3/c1-6-8-9-10-11-12-13-14-18-24-31-25-19-20-26-32(31)37-33(21-7-2)38-34(36)29(3)27-35(4,5)28-30-22-16-15-17-23-30/h15-17,19-20,22-23,25-26,29,33H,6-14,18,21,24,27-28H2,1-5H3/q+1. The molecule has 2 aromatic carbocycles. The predicted octanol–water partition coefficient (Wildman–Crippen LogP) is 8.72. The zero-order chi connectivity index (χ0) is 27.6. The van der Waals surface area contributed by atoms with Crippen LogP contribution in [0.2, 0.25) is 0 Å². The maximum Gasteiger partial charge on any atom is 0.317 e. The Bertz CT molecular complexity index is 896. The highest BCUT2D eigenvalue weighted by Gasteiger charge is 2.28. The molecule has 0 spiro atoms. The number of rotatable bonds is 20. The monoisotopic (exact) mass is 524 g/mol. The average Bonchev–Trinajstić information content (AvgIpc) is 2.88. The zero-order valence-corrected chi connectivity index (χ0v) is 24.9. The largest absolute Gasteiger partial charge is 0.455 e. The molecule has 2 rings (SSSR count). The molecule has 4 nitrogen and oxygen atoms in total. The molecule has 0 fully saturated rings. The summed E-state index contributed by atoms with van der Waals surface area (Å²) in [6, 6.07) is 18.7. The fourth-order valence-electron chi connectivity index (χ4n) is 5.17. The number of carbonyl (C=O) groups is 1. The van der Waals surface area contributed by atoms with E-state index in [1.807, 2.05) is 25.1 Å². The zero-order valence-electron chi connectivity index (χ0n) is 24.9. The lowest BCUT2D eigenvalue weighted by atomic mass is 10.0. The van der Waals surface area contributed by atoms with Crippen molar-refractivity contribution in [3.05, 3.63) is 65.7 Å². The van der Waals surface area contributed by atoms with Gasteiger partial charge in [0, 0.05) is 12.0 Å². The summed E-state index contributed by atoms with van der Waals surface area (Å²) in [5, 5.41) is 0. The Balaban J connectivity index is 1.84. The Morgan fingerprint density at radius 1 is 0.789 bits per heavy atom. The molecule has 0 bridgehead atoms. The topological polar surface area (TPSA) is 35.5 Å². The molecule has 0 aliphatic rings. The molecule has 2 atom stereocenters. The van der Waals surface area contributed by atoms with Gasteiger partial charge in [-0.1, -0.05) is 114 Å². The minimum absolute atomic E-state index is 0.181. The van der Waals surface area contributed by atoms with Crippen molar-refractivity contribution in [2.24, 2.45) is 5.92 Å². The van der Waals surface area contributed by atoms with Crippen molar-refractivity contribution in [1.82, 2.24) is 0 Å². The van der Waals surface area contributed by atoms with E-state index in [2.05, 4.69) is 64.3 Å². The number of hydrogen-bond donors (Lipinski definition) is 0. The third-order valence-electron chi connectivity index (χ3n) is 7.18. The van der Waals surface area contributed by atoms with Crippen LogP contribution in [0.3, 0.4) is 0 Å². The summed E-state index contributed by atoms with van der Waals surface area (Å²) in [5.74, 6) is 0.458. The fourth-order valence-corrected chi connectivity index (χ4v) is 5.17. The second kappa shape index (κ2) is 18.0. The smallest absolute Gasteiger partial charge is 0.317 e. The summed E-state index contributed by atoms with van der Waals surface area (Å²) >= 11 is 0. The van der Waals surface area contributed by atoms with Crippen molar-refractivity contribution in [1.29, 1.82) is 0 Å². The van der Waals surface area contributed by atoms with Crippen LogP contribution < -0.4 is 4.74 Å². The van der Waals surface area contributed by atoms with Crippen LogP contribution in [0.4, 0.5) is 0 Å². The van der Waals surface area contributed by atoms with Crippen molar-refractivity contribution in [3.8, 4) is 5.75 Å². The maximum absolute atomic E-state index is 13.1. The van der Waals surface area contributed by atoms with Gasteiger partial charge in [-0.25, -0.2) is 0 Å². The number of aryl methyl sites for hydroxylation is 1. The summed E-state index contributed by atoms with van der Waals surface area (Å²) < 4.78 is 13.0. The molecular formula is C34H54NO3+. The lowest BCUT2D eigenvalue weighted by Gasteiger charge is -2.32. The number of nitrogens with zero attached hydrogens (tertiary/aromatic N) is 1. The summed E-state index contributed by atoms with van der Waals surface area (Å²) in [7, 11) is 4.33. The van der Waals surface area contributed by atoms with Gasteiger partial charge in [0.2, 0.25) is 6.29 Å². The van der Waals surface area contributed by atoms with E-state index in [4.69, 9.17) is 9.47 Å². The van der Waals surface area contributed by atoms with E-state index >= 15 is 0 Å². The van der Waals surface area contributed by atoms with Crippen LogP contribution in [0.1, 0.15) is 103 Å².